The fourth-order valence-electron chi connectivity index (χ4n) is 0.799. The van der Waals surface area contributed by atoms with E-state index in [9.17, 15) is 0 Å². The number of aliphatic imine (C=N–C) groups is 1. The minimum absolute atomic E-state index is 0.201. The Bertz CT molecular complexity index is 201. The fraction of sp³-hybridized carbons (Fsp3) is 0.429. The molecule has 0 bridgehead atoms. The number of aromatic nitrogens is 2. The second-order valence-electron chi connectivity index (χ2n) is 2.09. The second kappa shape index (κ2) is 3.15. The first kappa shape index (κ1) is 6.99. The Balaban J connectivity index is 2.67. The highest BCUT2D eigenvalue weighted by Gasteiger charge is 2.00. The zero-order valence-corrected chi connectivity index (χ0v) is 6.20. The first-order chi connectivity index (χ1) is 4.84. The van der Waals surface area contributed by atoms with Crippen molar-refractivity contribution in [3.63, 3.8) is 0 Å². The number of hydrogen-bond acceptors (Lipinski definition) is 2. The monoisotopic (exact) mass is 137 g/mol. The molecule has 0 saturated heterocycles. The van der Waals surface area contributed by atoms with Crippen molar-refractivity contribution in [2.24, 2.45) is 4.99 Å². The normalized spacial score (nSPS) is 14.2. The van der Waals surface area contributed by atoms with E-state index < -0.39 is 0 Å². The minimum atomic E-state index is 0.201. The van der Waals surface area contributed by atoms with Gasteiger partial charge in [0.15, 0.2) is 0 Å². The average Bonchev–Trinajstić information content (AvgIpc) is 2.38. The lowest BCUT2D eigenvalue weighted by molar-refractivity contribution is 0.794. The molecule has 1 unspecified atom stereocenters. The predicted molar refractivity (Wildman–Crippen MR) is 41.2 cm³/mol. The maximum absolute atomic E-state index is 4.17. The molecule has 10 heavy (non-hydrogen) atoms. The molecule has 3 heteroatoms. The summed E-state index contributed by atoms with van der Waals surface area (Å²) in [6.45, 7) is 3.93. The summed E-state index contributed by atoms with van der Waals surface area (Å²) in [5, 5.41) is 0. The van der Waals surface area contributed by atoms with Crippen LogP contribution in [0.4, 0.5) is 0 Å². The number of aromatic amines is 1. The van der Waals surface area contributed by atoms with Crippen LogP contribution in [0.3, 0.4) is 0 Å². The van der Waals surface area contributed by atoms with Crippen LogP contribution in [0.25, 0.3) is 0 Å². The van der Waals surface area contributed by atoms with Crippen molar-refractivity contribution in [3.8, 4) is 0 Å². The molecule has 0 fully saturated rings. The molecule has 1 aromatic heterocycles. The Kier molecular flexibility index (Phi) is 2.20. The average molecular weight is 137 g/mol. The number of nitrogens with zero attached hydrogens (tertiary/aromatic N) is 2. The molecule has 0 radical (unpaired) electrons. The van der Waals surface area contributed by atoms with E-state index in [-0.39, 0.29) is 6.04 Å². The maximum atomic E-state index is 4.17. The van der Waals surface area contributed by atoms with Gasteiger partial charge in [-0.3, -0.25) is 4.99 Å². The van der Waals surface area contributed by atoms with Crippen molar-refractivity contribution in [1.29, 1.82) is 0 Å². The van der Waals surface area contributed by atoms with Gasteiger partial charge in [-0.25, -0.2) is 4.98 Å². The van der Waals surface area contributed by atoms with Crippen molar-refractivity contribution >= 4 is 6.21 Å². The van der Waals surface area contributed by atoms with Gasteiger partial charge in [-0.1, -0.05) is 0 Å². The van der Waals surface area contributed by atoms with Crippen molar-refractivity contribution in [2.45, 2.75) is 19.9 Å². The van der Waals surface area contributed by atoms with E-state index in [1.807, 2.05) is 13.8 Å². The van der Waals surface area contributed by atoms with E-state index in [1.165, 1.54) is 0 Å². The molecule has 1 atom stereocenters. The number of rotatable bonds is 2. The smallest absolute Gasteiger partial charge is 0.0922 e. The van der Waals surface area contributed by atoms with Gasteiger partial charge in [-0.05, 0) is 20.1 Å². The summed E-state index contributed by atoms with van der Waals surface area (Å²) < 4.78 is 0. The highest BCUT2D eigenvalue weighted by Crippen LogP contribution is 2.10. The van der Waals surface area contributed by atoms with Crippen LogP contribution >= 0.6 is 0 Å². The third kappa shape index (κ3) is 1.43. The zero-order chi connectivity index (χ0) is 7.40. The quantitative estimate of drug-likeness (QED) is 0.617. The van der Waals surface area contributed by atoms with Gasteiger partial charge in [-0.15, -0.1) is 0 Å². The van der Waals surface area contributed by atoms with Crippen molar-refractivity contribution in [2.75, 3.05) is 0 Å². The first-order valence-corrected chi connectivity index (χ1v) is 3.30. The van der Waals surface area contributed by atoms with Gasteiger partial charge in [0.1, 0.15) is 0 Å². The van der Waals surface area contributed by atoms with E-state index in [0.29, 0.717) is 0 Å². The van der Waals surface area contributed by atoms with E-state index in [1.54, 1.807) is 18.7 Å². The molecule has 0 spiro atoms. The lowest BCUT2D eigenvalue weighted by atomic mass is 10.3. The second-order valence-corrected chi connectivity index (χ2v) is 2.09. The van der Waals surface area contributed by atoms with Crippen molar-refractivity contribution in [1.82, 2.24) is 9.97 Å². The van der Waals surface area contributed by atoms with Crippen LogP contribution in [-0.2, 0) is 0 Å². The summed E-state index contributed by atoms with van der Waals surface area (Å²) in [6.07, 6.45) is 5.25. The van der Waals surface area contributed by atoms with E-state index >= 15 is 0 Å². The molecule has 1 N–H and O–H groups in total. The van der Waals surface area contributed by atoms with Gasteiger partial charge < -0.3 is 4.98 Å². The molecule has 0 saturated carbocycles. The van der Waals surface area contributed by atoms with Crippen LogP contribution in [0.5, 0.6) is 0 Å². The molecule has 54 valence electrons. The van der Waals surface area contributed by atoms with Crippen LogP contribution in [0.2, 0.25) is 0 Å². The number of hydrogen-bond donors (Lipinski definition) is 1. The molecule has 1 rings (SSSR count). The van der Waals surface area contributed by atoms with Crippen LogP contribution in [-0.4, -0.2) is 16.2 Å². The Morgan fingerprint density at radius 2 is 2.60 bits per heavy atom. The van der Waals surface area contributed by atoms with Gasteiger partial charge in [0.2, 0.25) is 0 Å². The summed E-state index contributed by atoms with van der Waals surface area (Å²) in [7, 11) is 0. The molecule has 1 aromatic rings. The predicted octanol–water partition coefficient (Wildman–Crippen LogP) is 1.56. The Morgan fingerprint density at radius 3 is 3.10 bits per heavy atom. The standard InChI is InChI=1S/C7H11N3/c1-3-9-6(2)7-4-8-5-10-7/h3-6H,1-2H3,(H,8,10). The summed E-state index contributed by atoms with van der Waals surface area (Å²) in [4.78, 5) is 11.1. The fourth-order valence-corrected chi connectivity index (χ4v) is 0.799. The summed E-state index contributed by atoms with van der Waals surface area (Å²) in [5.74, 6) is 0. The van der Waals surface area contributed by atoms with Gasteiger partial charge in [0.25, 0.3) is 0 Å². The Hall–Kier alpha value is -1.12. The van der Waals surface area contributed by atoms with Crippen LogP contribution in [0.15, 0.2) is 17.5 Å². The van der Waals surface area contributed by atoms with Gasteiger partial charge >= 0.3 is 0 Å². The topological polar surface area (TPSA) is 41.0 Å². The summed E-state index contributed by atoms with van der Waals surface area (Å²) >= 11 is 0. The van der Waals surface area contributed by atoms with Crippen molar-refractivity contribution < 1.29 is 0 Å². The highest BCUT2D eigenvalue weighted by atomic mass is 14.9. The van der Waals surface area contributed by atoms with E-state index in [2.05, 4.69) is 15.0 Å². The van der Waals surface area contributed by atoms with Gasteiger partial charge in [0, 0.05) is 0 Å². The Morgan fingerprint density at radius 1 is 1.80 bits per heavy atom. The number of imidazole rings is 1. The SMILES string of the molecule is CC=NC(C)c1cnc[nH]1. The van der Waals surface area contributed by atoms with E-state index in [4.69, 9.17) is 0 Å². The third-order valence-electron chi connectivity index (χ3n) is 1.34. The molecular weight excluding hydrogens is 126 g/mol. The lowest BCUT2D eigenvalue weighted by Crippen LogP contribution is -1.88. The number of H-pyrrole nitrogens is 1. The maximum Gasteiger partial charge on any atom is 0.0922 e. The summed E-state index contributed by atoms with van der Waals surface area (Å²) in [6, 6.07) is 0.201. The van der Waals surface area contributed by atoms with Crippen LogP contribution < -0.4 is 0 Å². The third-order valence-corrected chi connectivity index (χ3v) is 1.34. The van der Waals surface area contributed by atoms with E-state index in [0.717, 1.165) is 5.69 Å². The van der Waals surface area contributed by atoms with Gasteiger partial charge in [0.05, 0.1) is 24.3 Å². The van der Waals surface area contributed by atoms with Crippen LogP contribution in [0, 0.1) is 0 Å². The molecule has 0 aliphatic rings. The lowest BCUT2D eigenvalue weighted by Gasteiger charge is -1.99. The Labute approximate surface area is 60.2 Å². The van der Waals surface area contributed by atoms with Crippen LogP contribution in [0.1, 0.15) is 25.6 Å². The molecule has 1 heterocycles. The molecule has 0 amide bonds. The molecular formula is C7H11N3. The molecule has 0 aliphatic carbocycles. The summed E-state index contributed by atoms with van der Waals surface area (Å²) in [5.41, 5.74) is 1.05. The molecule has 0 aromatic carbocycles. The molecule has 3 nitrogen and oxygen atoms in total. The minimum Gasteiger partial charge on any atom is -0.347 e. The first-order valence-electron chi connectivity index (χ1n) is 3.30. The molecule has 0 aliphatic heterocycles. The van der Waals surface area contributed by atoms with Gasteiger partial charge in [-0.2, -0.15) is 0 Å². The zero-order valence-electron chi connectivity index (χ0n) is 6.20. The largest absolute Gasteiger partial charge is 0.347 e. The van der Waals surface area contributed by atoms with Crippen molar-refractivity contribution in [3.05, 3.63) is 18.2 Å². The number of nitrogens with one attached hydrogen (secondary N) is 1. The highest BCUT2D eigenvalue weighted by molar-refractivity contribution is 5.53.